The maximum Gasteiger partial charge on any atom is 0.347 e. The summed E-state index contributed by atoms with van der Waals surface area (Å²) in [6.07, 6.45) is 0.556. The molecule has 0 aliphatic rings. The monoisotopic (exact) mass is 250 g/mol. The van der Waals surface area contributed by atoms with Crippen LogP contribution in [-0.4, -0.2) is 6.29 Å². The van der Waals surface area contributed by atoms with Crippen LogP contribution in [0.25, 0.3) is 22.1 Å². The summed E-state index contributed by atoms with van der Waals surface area (Å²) in [5.41, 5.74) is 1.39. The summed E-state index contributed by atoms with van der Waals surface area (Å²) in [6.45, 7) is 0. The van der Waals surface area contributed by atoms with E-state index in [1.54, 1.807) is 12.1 Å². The first kappa shape index (κ1) is 11.4. The molecule has 2 aromatic carbocycles. The fraction of sp³-hybridized carbons (Fsp3) is 0. The minimum Gasteiger partial charge on any atom is -0.422 e. The lowest BCUT2D eigenvalue weighted by molar-refractivity contribution is 0.112. The first-order chi connectivity index (χ1) is 9.31. The zero-order valence-electron chi connectivity index (χ0n) is 10.00. The lowest BCUT2D eigenvalue weighted by Crippen LogP contribution is -2.08. The molecule has 3 nitrogen and oxygen atoms in total. The molecular formula is C16H10O3. The number of carbonyl (C=O) groups excluding carboxylic acids is 1. The molecule has 0 amide bonds. The molecule has 3 rings (SSSR count). The Balaban J connectivity index is 2.50. The Morgan fingerprint density at radius 1 is 0.895 bits per heavy atom. The highest BCUT2D eigenvalue weighted by Crippen LogP contribution is 2.29. The Morgan fingerprint density at radius 3 is 2.32 bits per heavy atom. The molecule has 0 atom stereocenters. The Hall–Kier alpha value is -2.68. The van der Waals surface area contributed by atoms with Gasteiger partial charge in [0.1, 0.15) is 11.1 Å². The number of hydrogen-bond donors (Lipinski definition) is 0. The van der Waals surface area contributed by atoms with Crippen molar-refractivity contribution in [3.8, 4) is 11.1 Å². The van der Waals surface area contributed by atoms with E-state index >= 15 is 0 Å². The third kappa shape index (κ3) is 1.85. The second kappa shape index (κ2) is 4.53. The zero-order valence-corrected chi connectivity index (χ0v) is 10.00. The molecule has 1 heterocycles. The fourth-order valence-electron chi connectivity index (χ4n) is 2.19. The lowest BCUT2D eigenvalue weighted by Gasteiger charge is -2.07. The van der Waals surface area contributed by atoms with E-state index in [9.17, 15) is 9.59 Å². The predicted molar refractivity (Wildman–Crippen MR) is 73.3 cm³/mol. The highest BCUT2D eigenvalue weighted by atomic mass is 16.4. The second-order valence-corrected chi connectivity index (χ2v) is 4.16. The van der Waals surface area contributed by atoms with Gasteiger partial charge in [-0.25, -0.2) is 4.79 Å². The predicted octanol–water partition coefficient (Wildman–Crippen LogP) is 3.27. The third-order valence-corrected chi connectivity index (χ3v) is 3.03. The van der Waals surface area contributed by atoms with Crippen LogP contribution < -0.4 is 5.63 Å². The van der Waals surface area contributed by atoms with E-state index in [4.69, 9.17) is 4.42 Å². The van der Waals surface area contributed by atoms with E-state index in [0.717, 1.165) is 10.9 Å². The Bertz CT molecular complexity index is 801. The van der Waals surface area contributed by atoms with Crippen LogP contribution in [0.1, 0.15) is 10.4 Å². The van der Waals surface area contributed by atoms with Crippen molar-refractivity contribution < 1.29 is 9.21 Å². The number of hydrogen-bond acceptors (Lipinski definition) is 3. The van der Waals surface area contributed by atoms with Crippen LogP contribution in [0, 0.1) is 0 Å². The van der Waals surface area contributed by atoms with E-state index in [-0.39, 0.29) is 5.56 Å². The van der Waals surface area contributed by atoms with Crippen LogP contribution >= 0.6 is 0 Å². The van der Waals surface area contributed by atoms with Crippen LogP contribution in [-0.2, 0) is 0 Å². The molecule has 92 valence electrons. The lowest BCUT2D eigenvalue weighted by atomic mass is 9.98. The van der Waals surface area contributed by atoms with Crippen LogP contribution in [0.4, 0.5) is 0 Å². The van der Waals surface area contributed by atoms with Gasteiger partial charge in [0.25, 0.3) is 0 Å². The molecule has 3 aromatic rings. The zero-order chi connectivity index (χ0) is 13.2. The molecule has 0 saturated heterocycles. The van der Waals surface area contributed by atoms with Gasteiger partial charge in [-0.3, -0.25) is 4.79 Å². The summed E-state index contributed by atoms with van der Waals surface area (Å²) in [7, 11) is 0. The van der Waals surface area contributed by atoms with Gasteiger partial charge < -0.3 is 4.42 Å². The SMILES string of the molecule is O=Cc1c(-c2ccccc2)c2ccccc2oc1=O. The maximum absolute atomic E-state index is 11.9. The van der Waals surface area contributed by atoms with E-state index in [0.29, 0.717) is 17.4 Å². The number of para-hydroxylation sites is 1. The number of aldehydes is 1. The molecule has 19 heavy (non-hydrogen) atoms. The molecule has 1 aromatic heterocycles. The molecule has 0 fully saturated rings. The smallest absolute Gasteiger partial charge is 0.347 e. The molecule has 0 N–H and O–H groups in total. The standard InChI is InChI=1S/C16H10O3/c17-10-13-15(11-6-2-1-3-7-11)12-8-4-5-9-14(12)19-16(13)18/h1-10H. The van der Waals surface area contributed by atoms with Gasteiger partial charge in [0.05, 0.1) is 0 Å². The number of benzene rings is 2. The van der Waals surface area contributed by atoms with Gasteiger partial charge >= 0.3 is 5.63 Å². The first-order valence-electron chi connectivity index (χ1n) is 5.87. The van der Waals surface area contributed by atoms with E-state index in [2.05, 4.69) is 0 Å². The van der Waals surface area contributed by atoms with Crippen molar-refractivity contribution >= 4 is 17.3 Å². The van der Waals surface area contributed by atoms with Crippen LogP contribution in [0.3, 0.4) is 0 Å². The van der Waals surface area contributed by atoms with Gasteiger partial charge in [-0.2, -0.15) is 0 Å². The number of carbonyl (C=O) groups is 1. The van der Waals surface area contributed by atoms with E-state index < -0.39 is 5.63 Å². The van der Waals surface area contributed by atoms with Gasteiger partial charge in [0.15, 0.2) is 6.29 Å². The molecule has 0 spiro atoms. The quantitative estimate of drug-likeness (QED) is 0.518. The topological polar surface area (TPSA) is 47.3 Å². The van der Waals surface area contributed by atoms with Gasteiger partial charge in [0, 0.05) is 10.9 Å². The van der Waals surface area contributed by atoms with Crippen LogP contribution in [0.5, 0.6) is 0 Å². The molecule has 0 radical (unpaired) electrons. The Morgan fingerprint density at radius 2 is 1.58 bits per heavy atom. The van der Waals surface area contributed by atoms with Crippen molar-refractivity contribution in [1.29, 1.82) is 0 Å². The normalized spacial score (nSPS) is 10.5. The molecule has 0 aliphatic heterocycles. The molecular weight excluding hydrogens is 240 g/mol. The summed E-state index contributed by atoms with van der Waals surface area (Å²) in [6, 6.07) is 16.6. The summed E-state index contributed by atoms with van der Waals surface area (Å²) in [4.78, 5) is 23.1. The van der Waals surface area contributed by atoms with Crippen molar-refractivity contribution in [3.63, 3.8) is 0 Å². The molecule has 0 saturated carbocycles. The van der Waals surface area contributed by atoms with Gasteiger partial charge in [-0.15, -0.1) is 0 Å². The van der Waals surface area contributed by atoms with Gasteiger partial charge in [0.2, 0.25) is 0 Å². The minimum atomic E-state index is -0.604. The summed E-state index contributed by atoms with van der Waals surface area (Å²) < 4.78 is 5.16. The minimum absolute atomic E-state index is 0.0601. The molecule has 0 bridgehead atoms. The molecule has 0 unspecified atom stereocenters. The number of fused-ring (bicyclic) bond motifs is 1. The average molecular weight is 250 g/mol. The summed E-state index contributed by atoms with van der Waals surface area (Å²) >= 11 is 0. The van der Waals surface area contributed by atoms with E-state index in [1.807, 2.05) is 42.5 Å². The van der Waals surface area contributed by atoms with E-state index in [1.165, 1.54) is 0 Å². The second-order valence-electron chi connectivity index (χ2n) is 4.16. The van der Waals surface area contributed by atoms with Crippen molar-refractivity contribution in [2.45, 2.75) is 0 Å². The maximum atomic E-state index is 11.9. The van der Waals surface area contributed by atoms with Crippen molar-refractivity contribution in [3.05, 3.63) is 70.6 Å². The van der Waals surface area contributed by atoms with Gasteiger partial charge in [-0.1, -0.05) is 48.5 Å². The van der Waals surface area contributed by atoms with Crippen LogP contribution in [0.15, 0.2) is 63.8 Å². The van der Waals surface area contributed by atoms with Crippen molar-refractivity contribution in [1.82, 2.24) is 0 Å². The van der Waals surface area contributed by atoms with Crippen molar-refractivity contribution in [2.75, 3.05) is 0 Å². The fourth-order valence-corrected chi connectivity index (χ4v) is 2.19. The largest absolute Gasteiger partial charge is 0.422 e. The Kier molecular flexibility index (Phi) is 2.72. The highest BCUT2D eigenvalue weighted by molar-refractivity contribution is 6.01. The molecule has 0 aliphatic carbocycles. The molecule has 3 heteroatoms. The van der Waals surface area contributed by atoms with Gasteiger partial charge in [-0.05, 0) is 11.6 Å². The Labute approximate surface area is 109 Å². The average Bonchev–Trinajstić information content (AvgIpc) is 2.46. The highest BCUT2D eigenvalue weighted by Gasteiger charge is 2.14. The first-order valence-corrected chi connectivity index (χ1v) is 5.87. The third-order valence-electron chi connectivity index (χ3n) is 3.03. The summed E-state index contributed by atoms with van der Waals surface area (Å²) in [5, 5.41) is 0.760. The van der Waals surface area contributed by atoms with Crippen molar-refractivity contribution in [2.24, 2.45) is 0 Å². The summed E-state index contributed by atoms with van der Waals surface area (Å²) in [5.74, 6) is 0. The number of rotatable bonds is 2. The van der Waals surface area contributed by atoms with Crippen LogP contribution in [0.2, 0.25) is 0 Å².